The summed E-state index contributed by atoms with van der Waals surface area (Å²) < 4.78 is 28.4. The number of anilines is 1. The van der Waals surface area contributed by atoms with E-state index in [4.69, 9.17) is 11.6 Å². The molecular weight excluding hydrogens is 518 g/mol. The summed E-state index contributed by atoms with van der Waals surface area (Å²) in [6.07, 6.45) is -1.72. The number of hydrogen-bond acceptors (Lipinski definition) is 5. The van der Waals surface area contributed by atoms with E-state index in [1.807, 2.05) is 51.1 Å². The zero-order chi connectivity index (χ0) is 27.8. The monoisotopic (exact) mass is 553 g/mol. The number of carbonyl (C=O) groups is 2. The molecule has 0 heterocycles. The summed E-state index contributed by atoms with van der Waals surface area (Å²) in [4.78, 5) is 24.5. The van der Waals surface area contributed by atoms with Crippen molar-refractivity contribution in [3.8, 4) is 0 Å². The smallest absolute Gasteiger partial charge is 0.407 e. The van der Waals surface area contributed by atoms with Gasteiger partial charge in [-0.25, -0.2) is 13.2 Å². The molecule has 0 bridgehead atoms. The van der Waals surface area contributed by atoms with Gasteiger partial charge in [0, 0.05) is 26.6 Å². The highest BCUT2D eigenvalue weighted by molar-refractivity contribution is 7.89. The minimum Gasteiger partial charge on any atom is -0.465 e. The van der Waals surface area contributed by atoms with Crippen molar-refractivity contribution < 1.29 is 28.2 Å². The Kier molecular flexibility index (Phi) is 11.4. The van der Waals surface area contributed by atoms with Gasteiger partial charge in [0.1, 0.15) is 0 Å². The van der Waals surface area contributed by atoms with Gasteiger partial charge in [-0.1, -0.05) is 62.7 Å². The molecule has 11 heteroatoms. The lowest BCUT2D eigenvalue weighted by Crippen LogP contribution is -2.53. The molecule has 0 unspecified atom stereocenters. The van der Waals surface area contributed by atoms with Crippen molar-refractivity contribution in [3.63, 3.8) is 0 Å². The first-order valence-electron chi connectivity index (χ1n) is 12.2. The van der Waals surface area contributed by atoms with Gasteiger partial charge in [-0.2, -0.15) is 4.31 Å². The van der Waals surface area contributed by atoms with Crippen LogP contribution in [0, 0.1) is 5.92 Å². The van der Waals surface area contributed by atoms with Crippen molar-refractivity contribution in [1.29, 1.82) is 0 Å². The number of carbonyl (C=O) groups excluding carboxylic acids is 1. The standard InChI is InChI=1S/C26H36ClN3O6S/c1-5-13-30(26(33)34)24(14-20-9-7-6-8-10-20)25(32)17-29(16-18(2)3)37(35,36)21-11-12-23(22(27)15-21)28-19(4)31/h6-12,15,18,24-25,32H,5,13-14,16-17H2,1-4H3,(H,28,31)(H,33,34)/t24-,25+/m0/s1. The molecule has 0 aliphatic rings. The van der Waals surface area contributed by atoms with Crippen LogP contribution in [0.2, 0.25) is 5.02 Å². The molecule has 0 aliphatic carbocycles. The van der Waals surface area contributed by atoms with Crippen LogP contribution in [0.25, 0.3) is 0 Å². The number of aliphatic hydroxyl groups is 1. The third-order valence-corrected chi connectivity index (χ3v) is 7.83. The van der Waals surface area contributed by atoms with Gasteiger partial charge in [-0.15, -0.1) is 0 Å². The molecule has 0 fully saturated rings. The van der Waals surface area contributed by atoms with Gasteiger partial charge in [0.15, 0.2) is 0 Å². The third-order valence-electron chi connectivity index (χ3n) is 5.69. The van der Waals surface area contributed by atoms with Crippen LogP contribution < -0.4 is 5.32 Å². The Labute approximate surface area is 224 Å². The Bertz CT molecular complexity index is 1160. The van der Waals surface area contributed by atoms with Crippen LogP contribution in [0.15, 0.2) is 53.4 Å². The van der Waals surface area contributed by atoms with Crippen molar-refractivity contribution in [3.05, 3.63) is 59.1 Å². The second-order valence-electron chi connectivity index (χ2n) is 9.34. The summed E-state index contributed by atoms with van der Waals surface area (Å²) in [7, 11) is -4.11. The first-order valence-corrected chi connectivity index (χ1v) is 14.0. The van der Waals surface area contributed by atoms with Crippen molar-refractivity contribution in [2.45, 2.75) is 57.6 Å². The molecule has 0 radical (unpaired) electrons. The van der Waals surface area contributed by atoms with E-state index in [9.17, 15) is 28.2 Å². The number of halogens is 1. The average Bonchev–Trinajstić information content (AvgIpc) is 2.82. The van der Waals surface area contributed by atoms with Crippen LogP contribution in [0.5, 0.6) is 0 Å². The second kappa shape index (κ2) is 13.8. The number of sulfonamides is 1. The molecule has 2 aromatic rings. The number of amides is 2. The summed E-state index contributed by atoms with van der Waals surface area (Å²) >= 11 is 6.23. The fourth-order valence-corrected chi connectivity index (χ4v) is 6.00. The number of nitrogens with zero attached hydrogens (tertiary/aromatic N) is 2. The van der Waals surface area contributed by atoms with Crippen LogP contribution in [0.3, 0.4) is 0 Å². The maximum atomic E-state index is 13.6. The van der Waals surface area contributed by atoms with E-state index < -0.39 is 28.3 Å². The number of carboxylic acid groups (broad SMARTS) is 1. The predicted octanol–water partition coefficient (Wildman–Crippen LogP) is 4.31. The van der Waals surface area contributed by atoms with E-state index >= 15 is 0 Å². The Balaban J connectivity index is 2.43. The lowest BCUT2D eigenvalue weighted by Gasteiger charge is -2.35. The summed E-state index contributed by atoms with van der Waals surface area (Å²) in [6.45, 7) is 6.85. The molecular formula is C26H36ClN3O6S. The maximum absolute atomic E-state index is 13.6. The topological polar surface area (TPSA) is 127 Å². The fourth-order valence-electron chi connectivity index (χ4n) is 4.06. The molecule has 2 atom stereocenters. The fraction of sp³-hybridized carbons (Fsp3) is 0.462. The molecule has 2 rings (SSSR count). The zero-order valence-electron chi connectivity index (χ0n) is 21.6. The molecule has 0 aromatic heterocycles. The largest absolute Gasteiger partial charge is 0.465 e. The number of benzene rings is 2. The maximum Gasteiger partial charge on any atom is 0.407 e. The van der Waals surface area contributed by atoms with Gasteiger partial charge >= 0.3 is 6.09 Å². The van der Waals surface area contributed by atoms with E-state index in [1.54, 1.807) is 0 Å². The van der Waals surface area contributed by atoms with Crippen LogP contribution in [0.1, 0.15) is 39.7 Å². The number of rotatable bonds is 13. The number of hydrogen-bond donors (Lipinski definition) is 3. The van der Waals surface area contributed by atoms with Gasteiger partial charge in [-0.05, 0) is 42.5 Å². The summed E-state index contributed by atoms with van der Waals surface area (Å²) in [5, 5.41) is 23.8. The molecule has 2 amide bonds. The van der Waals surface area contributed by atoms with Gasteiger partial charge in [0.25, 0.3) is 0 Å². The highest BCUT2D eigenvalue weighted by atomic mass is 35.5. The van der Waals surface area contributed by atoms with Crippen molar-refractivity contribution in [1.82, 2.24) is 9.21 Å². The molecule has 37 heavy (non-hydrogen) atoms. The number of nitrogens with one attached hydrogen (secondary N) is 1. The molecule has 0 aliphatic heterocycles. The zero-order valence-corrected chi connectivity index (χ0v) is 23.2. The van der Waals surface area contributed by atoms with E-state index in [2.05, 4.69) is 5.32 Å². The molecule has 0 saturated heterocycles. The first kappa shape index (κ1) is 30.6. The minimum absolute atomic E-state index is 0.0586. The first-order chi connectivity index (χ1) is 17.4. The summed E-state index contributed by atoms with van der Waals surface area (Å²) in [5.74, 6) is -0.420. The predicted molar refractivity (Wildman–Crippen MR) is 144 cm³/mol. The molecule has 0 spiro atoms. The SMILES string of the molecule is CCCN(C(=O)O)[C@@H](Cc1ccccc1)[C@H](O)CN(CC(C)C)S(=O)(=O)c1ccc(NC(C)=O)c(Cl)c1. The Morgan fingerprint density at radius 3 is 2.24 bits per heavy atom. The van der Waals surface area contributed by atoms with E-state index in [0.29, 0.717) is 6.42 Å². The molecule has 2 aromatic carbocycles. The van der Waals surface area contributed by atoms with Crippen molar-refractivity contribution >= 4 is 39.3 Å². The van der Waals surface area contributed by atoms with Gasteiger partial charge in [-0.3, -0.25) is 4.79 Å². The molecule has 204 valence electrons. The van der Waals surface area contributed by atoms with Gasteiger partial charge in [0.2, 0.25) is 15.9 Å². The Morgan fingerprint density at radius 1 is 1.08 bits per heavy atom. The quantitative estimate of drug-likeness (QED) is 0.339. The highest BCUT2D eigenvalue weighted by Crippen LogP contribution is 2.28. The summed E-state index contributed by atoms with van der Waals surface area (Å²) in [6, 6.07) is 12.3. The normalized spacial score (nSPS) is 13.4. The second-order valence-corrected chi connectivity index (χ2v) is 11.7. The third kappa shape index (κ3) is 8.70. The summed E-state index contributed by atoms with van der Waals surface area (Å²) in [5.41, 5.74) is 1.11. The lowest BCUT2D eigenvalue weighted by atomic mass is 9.99. The van der Waals surface area contributed by atoms with Crippen LogP contribution in [-0.2, 0) is 21.2 Å². The van der Waals surface area contributed by atoms with Crippen LogP contribution in [-0.4, -0.2) is 71.6 Å². The number of aliphatic hydroxyl groups excluding tert-OH is 1. The molecule has 3 N–H and O–H groups in total. The van der Waals surface area contributed by atoms with E-state index in [-0.39, 0.29) is 53.5 Å². The van der Waals surface area contributed by atoms with Crippen LogP contribution >= 0.6 is 11.6 Å². The average molecular weight is 554 g/mol. The van der Waals surface area contributed by atoms with Crippen molar-refractivity contribution in [2.24, 2.45) is 5.92 Å². The van der Waals surface area contributed by atoms with Crippen molar-refractivity contribution in [2.75, 3.05) is 25.0 Å². The Morgan fingerprint density at radius 2 is 1.73 bits per heavy atom. The lowest BCUT2D eigenvalue weighted by molar-refractivity contribution is -0.114. The van der Waals surface area contributed by atoms with E-state index in [0.717, 1.165) is 9.87 Å². The van der Waals surface area contributed by atoms with Gasteiger partial charge in [0.05, 0.1) is 27.8 Å². The molecule has 0 saturated carbocycles. The van der Waals surface area contributed by atoms with E-state index in [1.165, 1.54) is 30.0 Å². The minimum atomic E-state index is -4.11. The molecule has 9 nitrogen and oxygen atoms in total. The van der Waals surface area contributed by atoms with Gasteiger partial charge < -0.3 is 20.4 Å². The highest BCUT2D eigenvalue weighted by Gasteiger charge is 2.35. The Hall–Kier alpha value is -2.66. The van der Waals surface area contributed by atoms with Crippen LogP contribution in [0.4, 0.5) is 10.5 Å².